The van der Waals surface area contributed by atoms with Gasteiger partial charge in [0.25, 0.3) is 0 Å². The van der Waals surface area contributed by atoms with Gasteiger partial charge in [0.05, 0.1) is 6.10 Å². The molecule has 0 bridgehead atoms. The molecule has 1 N–H and O–H groups in total. The lowest BCUT2D eigenvalue weighted by Crippen LogP contribution is -2.66. The molecule has 5 aliphatic carbocycles. The van der Waals surface area contributed by atoms with Crippen molar-refractivity contribution in [3.63, 3.8) is 0 Å². The van der Waals surface area contributed by atoms with Crippen LogP contribution in [0.15, 0.2) is 12.2 Å². The SMILES string of the molecule is C=C1C(O)CCC2C1(C)CCC1C2(C)CCC2(C)C3CCC(C(C)C)C3(C)CCC12C. The van der Waals surface area contributed by atoms with Crippen LogP contribution in [0, 0.1) is 56.7 Å². The van der Waals surface area contributed by atoms with Gasteiger partial charge in [0.15, 0.2) is 0 Å². The van der Waals surface area contributed by atoms with Gasteiger partial charge in [-0.3, -0.25) is 0 Å². The lowest BCUT2D eigenvalue weighted by Gasteiger charge is -2.73. The lowest BCUT2D eigenvalue weighted by molar-refractivity contribution is -0.238. The topological polar surface area (TPSA) is 20.2 Å². The van der Waals surface area contributed by atoms with Crippen LogP contribution in [0.1, 0.15) is 113 Å². The summed E-state index contributed by atoms with van der Waals surface area (Å²) in [5.74, 6) is 4.20. The first kappa shape index (κ1) is 22.5. The number of hydrogen-bond donors (Lipinski definition) is 1. The summed E-state index contributed by atoms with van der Waals surface area (Å²) in [6, 6.07) is 0. The van der Waals surface area contributed by atoms with E-state index in [0.717, 1.165) is 35.7 Å². The van der Waals surface area contributed by atoms with Crippen molar-refractivity contribution >= 4 is 0 Å². The summed E-state index contributed by atoms with van der Waals surface area (Å²) in [4.78, 5) is 0. The van der Waals surface area contributed by atoms with E-state index in [1.54, 1.807) is 0 Å². The fraction of sp³-hybridized carbons (Fsp3) is 0.933. The van der Waals surface area contributed by atoms with E-state index in [1.807, 2.05) is 0 Å². The Kier molecular flexibility index (Phi) is 4.82. The van der Waals surface area contributed by atoms with Crippen molar-refractivity contribution in [1.29, 1.82) is 0 Å². The molecule has 0 aromatic carbocycles. The summed E-state index contributed by atoms with van der Waals surface area (Å²) in [7, 11) is 0. The Hall–Kier alpha value is -0.300. The number of rotatable bonds is 1. The zero-order chi connectivity index (χ0) is 22.6. The van der Waals surface area contributed by atoms with Gasteiger partial charge in [0.1, 0.15) is 0 Å². The minimum absolute atomic E-state index is 0.145. The molecule has 0 aromatic heterocycles. The molecule has 176 valence electrons. The van der Waals surface area contributed by atoms with Gasteiger partial charge < -0.3 is 5.11 Å². The maximum atomic E-state index is 10.6. The van der Waals surface area contributed by atoms with Crippen LogP contribution in [0.4, 0.5) is 0 Å². The van der Waals surface area contributed by atoms with Crippen LogP contribution >= 0.6 is 0 Å². The van der Waals surface area contributed by atoms with E-state index in [4.69, 9.17) is 0 Å². The first-order valence-corrected chi connectivity index (χ1v) is 13.7. The van der Waals surface area contributed by atoms with Crippen LogP contribution in [0.5, 0.6) is 0 Å². The van der Waals surface area contributed by atoms with E-state index in [0.29, 0.717) is 27.6 Å². The van der Waals surface area contributed by atoms with E-state index in [1.165, 1.54) is 57.8 Å². The Morgan fingerprint density at radius 1 is 0.710 bits per heavy atom. The normalized spacial score (nSPS) is 59.0. The molecule has 5 aliphatic rings. The summed E-state index contributed by atoms with van der Waals surface area (Å²) in [5, 5.41) is 10.6. The summed E-state index contributed by atoms with van der Waals surface area (Å²) in [6.45, 7) is 22.7. The van der Waals surface area contributed by atoms with Gasteiger partial charge >= 0.3 is 0 Å². The summed E-state index contributed by atoms with van der Waals surface area (Å²) < 4.78 is 0. The Labute approximate surface area is 192 Å². The van der Waals surface area contributed by atoms with Crippen molar-refractivity contribution in [2.24, 2.45) is 56.7 Å². The zero-order valence-electron chi connectivity index (χ0n) is 21.7. The predicted octanol–water partition coefficient (Wildman–Crippen LogP) is 8.02. The summed E-state index contributed by atoms with van der Waals surface area (Å²) in [6.07, 6.45) is 13.1. The van der Waals surface area contributed by atoms with E-state index in [-0.39, 0.29) is 11.5 Å². The van der Waals surface area contributed by atoms with Crippen LogP contribution in [0.3, 0.4) is 0 Å². The third kappa shape index (κ3) is 2.54. The maximum Gasteiger partial charge on any atom is 0.0753 e. The molecule has 31 heavy (non-hydrogen) atoms. The summed E-state index contributed by atoms with van der Waals surface area (Å²) in [5.41, 5.74) is 3.23. The van der Waals surface area contributed by atoms with Crippen molar-refractivity contribution in [3.05, 3.63) is 12.2 Å². The van der Waals surface area contributed by atoms with Crippen molar-refractivity contribution in [2.45, 2.75) is 119 Å². The van der Waals surface area contributed by atoms with Gasteiger partial charge in [0, 0.05) is 0 Å². The van der Waals surface area contributed by atoms with Crippen LogP contribution < -0.4 is 0 Å². The van der Waals surface area contributed by atoms with Crippen LogP contribution in [0.2, 0.25) is 0 Å². The first-order chi connectivity index (χ1) is 14.3. The molecule has 0 heterocycles. The molecule has 0 aliphatic heterocycles. The maximum absolute atomic E-state index is 10.6. The fourth-order valence-electron chi connectivity index (χ4n) is 11.8. The summed E-state index contributed by atoms with van der Waals surface area (Å²) >= 11 is 0. The Bertz CT molecular complexity index is 768. The monoisotopic (exact) mass is 426 g/mol. The van der Waals surface area contributed by atoms with Gasteiger partial charge in [-0.2, -0.15) is 0 Å². The molecule has 10 unspecified atom stereocenters. The minimum Gasteiger partial charge on any atom is -0.389 e. The molecule has 0 saturated heterocycles. The van der Waals surface area contributed by atoms with Gasteiger partial charge in [-0.1, -0.05) is 55.0 Å². The van der Waals surface area contributed by atoms with Gasteiger partial charge in [0.2, 0.25) is 0 Å². The predicted molar refractivity (Wildman–Crippen MR) is 131 cm³/mol. The standard InChI is InChI=1S/C30H50O/c1-19(2)21-9-11-24-27(21,5)15-17-30(8)25-13-14-26(4)20(3)22(31)10-12-23(26)28(25,6)16-18-29(24,30)7/h19,21-25,31H,3,9-18H2,1-2,4-8H3. The highest BCUT2D eigenvalue weighted by Crippen LogP contribution is 2.79. The lowest BCUT2D eigenvalue weighted by atomic mass is 9.31. The van der Waals surface area contributed by atoms with E-state index < -0.39 is 0 Å². The smallest absolute Gasteiger partial charge is 0.0753 e. The molecule has 5 saturated carbocycles. The second kappa shape index (κ2) is 6.64. The van der Waals surface area contributed by atoms with Crippen LogP contribution in [-0.4, -0.2) is 11.2 Å². The minimum atomic E-state index is -0.271. The Balaban J connectivity index is 1.53. The number of fused-ring (bicyclic) bond motifs is 7. The number of aliphatic hydroxyl groups excluding tert-OH is 1. The Morgan fingerprint density at radius 3 is 1.87 bits per heavy atom. The van der Waals surface area contributed by atoms with E-state index >= 15 is 0 Å². The molecule has 5 rings (SSSR count). The second-order valence-electron chi connectivity index (χ2n) is 14.5. The first-order valence-electron chi connectivity index (χ1n) is 13.7. The number of aliphatic hydroxyl groups is 1. The highest BCUT2D eigenvalue weighted by atomic mass is 16.3. The molecule has 0 amide bonds. The molecule has 5 fully saturated rings. The van der Waals surface area contributed by atoms with Crippen molar-refractivity contribution < 1.29 is 5.11 Å². The molecule has 1 heteroatoms. The van der Waals surface area contributed by atoms with Crippen molar-refractivity contribution in [3.8, 4) is 0 Å². The molecule has 0 aromatic rings. The third-order valence-electron chi connectivity index (χ3n) is 13.6. The quantitative estimate of drug-likeness (QED) is 0.421. The molecule has 10 atom stereocenters. The average Bonchev–Trinajstić information content (AvgIpc) is 3.06. The van der Waals surface area contributed by atoms with Crippen molar-refractivity contribution in [2.75, 3.05) is 0 Å². The third-order valence-corrected chi connectivity index (χ3v) is 13.6. The molecule has 1 nitrogen and oxygen atoms in total. The van der Waals surface area contributed by atoms with Crippen molar-refractivity contribution in [1.82, 2.24) is 0 Å². The fourth-order valence-corrected chi connectivity index (χ4v) is 11.8. The van der Waals surface area contributed by atoms with Gasteiger partial charge in [-0.15, -0.1) is 0 Å². The second-order valence-corrected chi connectivity index (χ2v) is 14.5. The zero-order valence-corrected chi connectivity index (χ0v) is 21.7. The van der Waals surface area contributed by atoms with Crippen LogP contribution in [-0.2, 0) is 0 Å². The Morgan fingerprint density at radius 2 is 1.26 bits per heavy atom. The van der Waals surface area contributed by atoms with E-state index in [2.05, 4.69) is 55.0 Å². The largest absolute Gasteiger partial charge is 0.389 e. The highest BCUT2D eigenvalue weighted by Gasteiger charge is 2.71. The molecule has 0 spiro atoms. The number of hydrogen-bond acceptors (Lipinski definition) is 1. The molecular formula is C30H50O. The van der Waals surface area contributed by atoms with Gasteiger partial charge in [-0.05, 0) is 126 Å². The highest BCUT2D eigenvalue weighted by molar-refractivity contribution is 5.26. The average molecular weight is 427 g/mol. The van der Waals surface area contributed by atoms with Gasteiger partial charge in [-0.25, -0.2) is 0 Å². The van der Waals surface area contributed by atoms with E-state index in [9.17, 15) is 5.11 Å². The molecular weight excluding hydrogens is 376 g/mol. The van der Waals surface area contributed by atoms with Crippen LogP contribution in [0.25, 0.3) is 0 Å². The molecule has 0 radical (unpaired) electrons.